The Bertz CT molecular complexity index is 1520. The lowest BCUT2D eigenvalue weighted by molar-refractivity contribution is -0.123. The molecule has 2 aromatic heterocycles. The molecule has 0 spiro atoms. The highest BCUT2D eigenvalue weighted by Gasteiger charge is 2.27. The summed E-state index contributed by atoms with van der Waals surface area (Å²) < 4.78 is 3.11. The van der Waals surface area contributed by atoms with Crippen molar-refractivity contribution in [3.8, 4) is 11.3 Å². The molecule has 1 atom stereocenters. The van der Waals surface area contributed by atoms with Gasteiger partial charge >= 0.3 is 5.69 Å². The summed E-state index contributed by atoms with van der Waals surface area (Å²) in [4.78, 5) is 34.0. The average molecular weight is 472 g/mol. The summed E-state index contributed by atoms with van der Waals surface area (Å²) in [6, 6.07) is 21.5. The van der Waals surface area contributed by atoms with E-state index < -0.39 is 6.04 Å². The summed E-state index contributed by atoms with van der Waals surface area (Å²) in [6.07, 6.45) is 3.35. The van der Waals surface area contributed by atoms with E-state index in [1.54, 1.807) is 40.8 Å². The van der Waals surface area contributed by atoms with E-state index in [9.17, 15) is 9.59 Å². The highest BCUT2D eigenvalue weighted by Crippen LogP contribution is 2.26. The van der Waals surface area contributed by atoms with Crippen molar-refractivity contribution in [2.75, 3.05) is 0 Å². The van der Waals surface area contributed by atoms with E-state index in [0.29, 0.717) is 22.6 Å². The van der Waals surface area contributed by atoms with E-state index in [1.807, 2.05) is 60.7 Å². The normalized spacial score (nSPS) is 12.1. The summed E-state index contributed by atoms with van der Waals surface area (Å²) in [5.41, 5.74) is 4.57. The number of rotatable bonds is 6. The number of hydrogen-bond donors (Lipinski definition) is 2. The number of H-pyrrole nitrogens is 1. The second-order valence-corrected chi connectivity index (χ2v) is 8.47. The minimum atomic E-state index is -0.853. The zero-order valence-corrected chi connectivity index (χ0v) is 19.2. The molecule has 0 aliphatic carbocycles. The molecule has 1 unspecified atom stereocenters. The van der Waals surface area contributed by atoms with Gasteiger partial charge in [0.25, 0.3) is 0 Å². The molecular formula is C26H22ClN5O2. The highest BCUT2D eigenvalue weighted by atomic mass is 35.5. The van der Waals surface area contributed by atoms with Crippen molar-refractivity contribution in [1.82, 2.24) is 24.4 Å². The Morgan fingerprint density at radius 3 is 2.53 bits per heavy atom. The molecule has 170 valence electrons. The maximum Gasteiger partial charge on any atom is 0.329 e. The van der Waals surface area contributed by atoms with Crippen LogP contribution in [0.25, 0.3) is 22.3 Å². The van der Waals surface area contributed by atoms with Crippen LogP contribution in [0.4, 0.5) is 0 Å². The molecular weight excluding hydrogens is 450 g/mol. The first kappa shape index (κ1) is 21.7. The van der Waals surface area contributed by atoms with Gasteiger partial charge < -0.3 is 10.3 Å². The van der Waals surface area contributed by atoms with Crippen LogP contribution in [0.2, 0.25) is 5.02 Å². The van der Waals surface area contributed by atoms with Crippen LogP contribution < -0.4 is 11.0 Å². The highest BCUT2D eigenvalue weighted by molar-refractivity contribution is 6.30. The van der Waals surface area contributed by atoms with Crippen molar-refractivity contribution in [3.05, 3.63) is 112 Å². The number of benzene rings is 3. The van der Waals surface area contributed by atoms with E-state index in [4.69, 9.17) is 11.6 Å². The summed E-state index contributed by atoms with van der Waals surface area (Å²) in [5, 5.41) is 3.58. The summed E-state index contributed by atoms with van der Waals surface area (Å²) >= 11 is 6.09. The largest absolute Gasteiger partial charge is 0.350 e. The van der Waals surface area contributed by atoms with Crippen LogP contribution in [0.1, 0.15) is 17.2 Å². The Morgan fingerprint density at radius 1 is 1.06 bits per heavy atom. The quantitative estimate of drug-likeness (QED) is 0.387. The zero-order valence-electron chi connectivity index (χ0n) is 18.4. The van der Waals surface area contributed by atoms with Crippen LogP contribution in [0, 0.1) is 0 Å². The first-order valence-corrected chi connectivity index (χ1v) is 11.2. The lowest BCUT2D eigenvalue weighted by Crippen LogP contribution is -2.37. The van der Waals surface area contributed by atoms with Crippen LogP contribution >= 0.6 is 11.6 Å². The lowest BCUT2D eigenvalue weighted by atomic mass is 10.0. The molecule has 0 fully saturated rings. The molecule has 0 radical (unpaired) electrons. The predicted octanol–water partition coefficient (Wildman–Crippen LogP) is 4.29. The third-order valence-corrected chi connectivity index (χ3v) is 6.13. The molecule has 0 saturated carbocycles. The number of imidazole rings is 2. The van der Waals surface area contributed by atoms with Gasteiger partial charge in [-0.25, -0.2) is 9.78 Å². The van der Waals surface area contributed by atoms with Crippen molar-refractivity contribution in [3.63, 3.8) is 0 Å². The monoisotopic (exact) mass is 471 g/mol. The number of fused-ring (bicyclic) bond motifs is 1. The molecule has 0 aliphatic rings. The summed E-state index contributed by atoms with van der Waals surface area (Å²) in [7, 11) is 1.71. The molecule has 5 rings (SSSR count). The van der Waals surface area contributed by atoms with E-state index >= 15 is 0 Å². The van der Waals surface area contributed by atoms with Gasteiger partial charge in [-0.15, -0.1) is 0 Å². The van der Waals surface area contributed by atoms with Crippen LogP contribution in [-0.4, -0.2) is 25.0 Å². The van der Waals surface area contributed by atoms with Gasteiger partial charge in [-0.1, -0.05) is 60.1 Å². The fourth-order valence-corrected chi connectivity index (χ4v) is 4.39. The number of halogens is 1. The Morgan fingerprint density at radius 2 is 1.82 bits per heavy atom. The number of aryl methyl sites for hydroxylation is 1. The standard InChI is InChI=1S/C26H22ClN5O2/c1-31-22-7-2-3-8-23(22)32(26(31)34)24(25(33)29-14-17-5-4-6-20(27)13-17)19-11-9-18(10-12-19)21-15-28-16-30-21/h2-13,15-16,24H,14H2,1H3,(H,28,30)(H,29,33). The maximum atomic E-state index is 13.6. The Hall–Kier alpha value is -4.10. The molecule has 2 N–H and O–H groups in total. The lowest BCUT2D eigenvalue weighted by Gasteiger charge is -2.19. The Balaban J connectivity index is 1.57. The van der Waals surface area contributed by atoms with Gasteiger partial charge in [0.2, 0.25) is 5.91 Å². The van der Waals surface area contributed by atoms with Gasteiger partial charge in [0, 0.05) is 18.6 Å². The molecule has 0 aliphatic heterocycles. The van der Waals surface area contributed by atoms with Crippen molar-refractivity contribution in [1.29, 1.82) is 0 Å². The number of aromatic nitrogens is 4. The van der Waals surface area contributed by atoms with E-state index in [1.165, 1.54) is 0 Å². The second-order valence-electron chi connectivity index (χ2n) is 8.04. The van der Waals surface area contributed by atoms with Gasteiger partial charge in [0.15, 0.2) is 0 Å². The summed E-state index contributed by atoms with van der Waals surface area (Å²) in [6.45, 7) is 0.293. The van der Waals surface area contributed by atoms with E-state index in [0.717, 1.165) is 22.3 Å². The van der Waals surface area contributed by atoms with Crippen molar-refractivity contribution < 1.29 is 4.79 Å². The fourth-order valence-electron chi connectivity index (χ4n) is 4.18. The number of aromatic amines is 1. The first-order chi connectivity index (χ1) is 16.5. The number of carbonyl (C=O) groups excluding carboxylic acids is 1. The Labute approximate surface area is 200 Å². The van der Waals surface area contributed by atoms with Gasteiger partial charge in [-0.3, -0.25) is 13.9 Å². The van der Waals surface area contributed by atoms with Gasteiger partial charge in [-0.2, -0.15) is 0 Å². The smallest absolute Gasteiger partial charge is 0.329 e. The molecule has 2 heterocycles. The zero-order chi connectivity index (χ0) is 23.7. The number of nitrogens with zero attached hydrogens (tertiary/aromatic N) is 3. The van der Waals surface area contributed by atoms with E-state index in [-0.39, 0.29) is 11.6 Å². The van der Waals surface area contributed by atoms with Crippen LogP contribution in [-0.2, 0) is 18.4 Å². The number of carbonyl (C=O) groups is 1. The number of amides is 1. The minimum absolute atomic E-state index is 0.262. The topological polar surface area (TPSA) is 84.7 Å². The summed E-state index contributed by atoms with van der Waals surface area (Å²) in [5.74, 6) is -0.285. The molecule has 3 aromatic carbocycles. The van der Waals surface area contributed by atoms with Gasteiger partial charge in [0.1, 0.15) is 6.04 Å². The minimum Gasteiger partial charge on any atom is -0.350 e. The molecule has 8 heteroatoms. The maximum absolute atomic E-state index is 13.6. The molecule has 34 heavy (non-hydrogen) atoms. The molecule has 0 saturated heterocycles. The fraction of sp³-hybridized carbons (Fsp3) is 0.115. The molecule has 5 aromatic rings. The van der Waals surface area contributed by atoms with Gasteiger partial charge in [0.05, 0.1) is 29.3 Å². The molecule has 1 amide bonds. The second kappa shape index (κ2) is 9.03. The van der Waals surface area contributed by atoms with Crippen LogP contribution in [0.5, 0.6) is 0 Å². The predicted molar refractivity (Wildman–Crippen MR) is 133 cm³/mol. The van der Waals surface area contributed by atoms with Gasteiger partial charge in [-0.05, 0) is 41.0 Å². The Kier molecular flexibility index (Phi) is 5.77. The van der Waals surface area contributed by atoms with Crippen molar-refractivity contribution in [2.45, 2.75) is 12.6 Å². The van der Waals surface area contributed by atoms with Crippen LogP contribution in [0.15, 0.2) is 90.1 Å². The molecule has 7 nitrogen and oxygen atoms in total. The van der Waals surface area contributed by atoms with Crippen molar-refractivity contribution in [2.24, 2.45) is 7.05 Å². The van der Waals surface area contributed by atoms with E-state index in [2.05, 4.69) is 15.3 Å². The van der Waals surface area contributed by atoms with Crippen molar-refractivity contribution >= 4 is 28.5 Å². The third kappa shape index (κ3) is 4.02. The first-order valence-electron chi connectivity index (χ1n) is 10.8. The number of para-hydroxylation sites is 2. The SMILES string of the molecule is Cn1c(=O)n(C(C(=O)NCc2cccc(Cl)c2)c2ccc(-c3cnc[nH]3)cc2)c2ccccc21. The number of hydrogen-bond acceptors (Lipinski definition) is 3. The number of nitrogens with one attached hydrogen (secondary N) is 2. The average Bonchev–Trinajstić information content (AvgIpc) is 3.48. The molecule has 0 bridgehead atoms. The third-order valence-electron chi connectivity index (χ3n) is 5.89. The van der Waals surface area contributed by atoms with Crippen LogP contribution in [0.3, 0.4) is 0 Å².